The second-order valence-electron chi connectivity index (χ2n) is 6.64. The average Bonchev–Trinajstić information content (AvgIpc) is 2.57. The van der Waals surface area contributed by atoms with Crippen LogP contribution in [0.4, 0.5) is 0 Å². The Morgan fingerprint density at radius 3 is 1.50 bits per heavy atom. The minimum Gasteiger partial charge on any atom is -0.491 e. The number of hydrogen-bond donors (Lipinski definition) is 1. The normalized spacial score (nSPS) is 10.9. The lowest BCUT2D eigenvalue weighted by Crippen LogP contribution is -2.05. The number of aliphatic hydroxyl groups excluding tert-OH is 1. The van der Waals surface area contributed by atoms with E-state index in [0.717, 1.165) is 32.7 Å². The molecule has 0 aromatic heterocycles. The molecule has 0 saturated heterocycles. The first kappa shape index (κ1) is 20.5. The molecule has 0 aliphatic carbocycles. The average molecular weight is 419 g/mol. The van der Waals surface area contributed by atoms with Gasteiger partial charge in [-0.1, -0.05) is 40.2 Å². The van der Waals surface area contributed by atoms with Crippen LogP contribution in [0.15, 0.2) is 53.0 Å². The van der Waals surface area contributed by atoms with Crippen molar-refractivity contribution in [2.24, 2.45) is 0 Å². The number of hydrogen-bond acceptors (Lipinski definition) is 3. The highest BCUT2D eigenvalue weighted by Gasteiger charge is 2.11. The standard InChI is InChI=1S/C22H27BrO3/c1-15(2)25-19-9-5-17(6-10-19)22(21(23)13-14-24)18-7-11-20(12-8-18)26-16(3)4/h5-12,15-16,24H,13-14H2,1-4H3. The third-order valence-electron chi connectivity index (χ3n) is 3.63. The Bertz CT molecular complexity index is 661. The second kappa shape index (κ2) is 9.79. The molecular weight excluding hydrogens is 392 g/mol. The van der Waals surface area contributed by atoms with Gasteiger partial charge in [0.25, 0.3) is 0 Å². The van der Waals surface area contributed by atoms with Crippen molar-refractivity contribution in [3.05, 3.63) is 64.1 Å². The highest BCUT2D eigenvalue weighted by atomic mass is 79.9. The van der Waals surface area contributed by atoms with Gasteiger partial charge < -0.3 is 14.6 Å². The molecule has 2 aromatic carbocycles. The van der Waals surface area contributed by atoms with Crippen molar-refractivity contribution in [1.82, 2.24) is 0 Å². The Hall–Kier alpha value is -1.78. The van der Waals surface area contributed by atoms with E-state index in [1.165, 1.54) is 0 Å². The summed E-state index contributed by atoms with van der Waals surface area (Å²) < 4.78 is 12.4. The number of benzene rings is 2. The van der Waals surface area contributed by atoms with Crippen molar-refractivity contribution < 1.29 is 14.6 Å². The van der Waals surface area contributed by atoms with E-state index in [-0.39, 0.29) is 18.8 Å². The molecule has 0 saturated carbocycles. The van der Waals surface area contributed by atoms with E-state index in [9.17, 15) is 5.11 Å². The van der Waals surface area contributed by atoms with Gasteiger partial charge >= 0.3 is 0 Å². The lowest BCUT2D eigenvalue weighted by molar-refractivity contribution is 0.242. The maximum Gasteiger partial charge on any atom is 0.119 e. The van der Waals surface area contributed by atoms with Gasteiger partial charge in [0, 0.05) is 17.5 Å². The quantitative estimate of drug-likeness (QED) is 0.588. The van der Waals surface area contributed by atoms with E-state index >= 15 is 0 Å². The first-order valence-electron chi connectivity index (χ1n) is 8.94. The van der Waals surface area contributed by atoms with Gasteiger partial charge in [-0.25, -0.2) is 0 Å². The van der Waals surface area contributed by atoms with Crippen LogP contribution in [-0.2, 0) is 0 Å². The fourth-order valence-electron chi connectivity index (χ4n) is 2.65. The molecule has 0 heterocycles. The van der Waals surface area contributed by atoms with Crippen molar-refractivity contribution in [3.8, 4) is 11.5 Å². The fraction of sp³-hybridized carbons (Fsp3) is 0.364. The summed E-state index contributed by atoms with van der Waals surface area (Å²) in [6.07, 6.45) is 0.847. The highest BCUT2D eigenvalue weighted by molar-refractivity contribution is 9.11. The zero-order valence-electron chi connectivity index (χ0n) is 15.8. The zero-order valence-corrected chi connectivity index (χ0v) is 17.4. The summed E-state index contributed by atoms with van der Waals surface area (Å²) in [4.78, 5) is 0. The summed E-state index contributed by atoms with van der Waals surface area (Å²) in [7, 11) is 0. The van der Waals surface area contributed by atoms with E-state index in [2.05, 4.69) is 15.9 Å². The second-order valence-corrected chi connectivity index (χ2v) is 7.59. The van der Waals surface area contributed by atoms with E-state index in [4.69, 9.17) is 9.47 Å². The third-order valence-corrected chi connectivity index (χ3v) is 4.43. The van der Waals surface area contributed by atoms with E-state index in [1.807, 2.05) is 76.2 Å². The largest absolute Gasteiger partial charge is 0.491 e. The molecule has 0 spiro atoms. The van der Waals surface area contributed by atoms with E-state index in [0.29, 0.717) is 6.42 Å². The smallest absolute Gasteiger partial charge is 0.119 e. The number of rotatable bonds is 8. The van der Waals surface area contributed by atoms with Crippen LogP contribution in [-0.4, -0.2) is 23.9 Å². The monoisotopic (exact) mass is 418 g/mol. The lowest BCUT2D eigenvalue weighted by atomic mass is 9.96. The van der Waals surface area contributed by atoms with Gasteiger partial charge in [-0.3, -0.25) is 0 Å². The molecular formula is C22H27BrO3. The molecule has 2 rings (SSSR count). The third kappa shape index (κ3) is 5.89. The lowest BCUT2D eigenvalue weighted by Gasteiger charge is -2.15. The molecule has 3 nitrogen and oxygen atoms in total. The van der Waals surface area contributed by atoms with Gasteiger partial charge in [-0.2, -0.15) is 0 Å². The van der Waals surface area contributed by atoms with Crippen LogP contribution in [0.2, 0.25) is 0 Å². The molecule has 140 valence electrons. The number of aliphatic hydroxyl groups is 1. The van der Waals surface area contributed by atoms with E-state index < -0.39 is 0 Å². The minimum absolute atomic E-state index is 0.0904. The summed E-state index contributed by atoms with van der Waals surface area (Å²) in [5.41, 5.74) is 3.20. The molecule has 26 heavy (non-hydrogen) atoms. The van der Waals surface area contributed by atoms with Gasteiger partial charge in [0.2, 0.25) is 0 Å². The van der Waals surface area contributed by atoms with Crippen molar-refractivity contribution in [2.45, 2.75) is 46.3 Å². The summed E-state index contributed by atoms with van der Waals surface area (Å²) in [6, 6.07) is 16.1. The molecule has 0 atom stereocenters. The summed E-state index contributed by atoms with van der Waals surface area (Å²) >= 11 is 3.65. The Morgan fingerprint density at radius 1 is 0.808 bits per heavy atom. The molecule has 1 N–H and O–H groups in total. The van der Waals surface area contributed by atoms with Crippen LogP contribution in [0.25, 0.3) is 5.57 Å². The zero-order chi connectivity index (χ0) is 19.1. The van der Waals surface area contributed by atoms with Gasteiger partial charge in [0.1, 0.15) is 11.5 Å². The molecule has 0 fully saturated rings. The Balaban J connectivity index is 2.37. The fourth-order valence-corrected chi connectivity index (χ4v) is 3.28. The Morgan fingerprint density at radius 2 is 1.19 bits per heavy atom. The Labute approximate surface area is 164 Å². The van der Waals surface area contributed by atoms with Crippen LogP contribution in [0.5, 0.6) is 11.5 Å². The van der Waals surface area contributed by atoms with Crippen LogP contribution in [0.3, 0.4) is 0 Å². The maximum absolute atomic E-state index is 9.36. The van der Waals surface area contributed by atoms with Crippen molar-refractivity contribution in [3.63, 3.8) is 0 Å². The van der Waals surface area contributed by atoms with Crippen LogP contribution in [0.1, 0.15) is 45.2 Å². The molecule has 0 aliphatic heterocycles. The predicted octanol–water partition coefficient (Wildman–Crippen LogP) is 5.80. The SMILES string of the molecule is CC(C)Oc1ccc(C(=C(Br)CCO)c2ccc(OC(C)C)cc2)cc1. The van der Waals surface area contributed by atoms with Crippen LogP contribution < -0.4 is 9.47 Å². The summed E-state index contributed by atoms with van der Waals surface area (Å²) in [6.45, 7) is 8.14. The molecule has 0 unspecified atom stereocenters. The van der Waals surface area contributed by atoms with Gasteiger partial charge in [0.05, 0.1) is 12.2 Å². The topological polar surface area (TPSA) is 38.7 Å². The van der Waals surface area contributed by atoms with E-state index in [1.54, 1.807) is 0 Å². The summed E-state index contributed by atoms with van der Waals surface area (Å²) in [5, 5.41) is 9.36. The van der Waals surface area contributed by atoms with Crippen molar-refractivity contribution >= 4 is 21.5 Å². The van der Waals surface area contributed by atoms with Gasteiger partial charge in [-0.15, -0.1) is 0 Å². The molecule has 0 aliphatic rings. The summed E-state index contributed by atoms with van der Waals surface area (Å²) in [5.74, 6) is 1.70. The van der Waals surface area contributed by atoms with Crippen LogP contribution in [0, 0.1) is 0 Å². The molecule has 2 aromatic rings. The maximum atomic E-state index is 9.36. The predicted molar refractivity (Wildman–Crippen MR) is 111 cm³/mol. The highest BCUT2D eigenvalue weighted by Crippen LogP contribution is 2.33. The molecule has 0 bridgehead atoms. The number of ether oxygens (including phenoxy) is 2. The first-order valence-corrected chi connectivity index (χ1v) is 9.73. The number of halogens is 1. The first-order chi connectivity index (χ1) is 12.4. The molecule has 4 heteroatoms. The van der Waals surface area contributed by atoms with Gasteiger partial charge in [-0.05, 0) is 68.7 Å². The van der Waals surface area contributed by atoms with Crippen molar-refractivity contribution in [2.75, 3.05) is 6.61 Å². The minimum atomic E-state index is 0.0904. The Kier molecular flexibility index (Phi) is 7.73. The van der Waals surface area contributed by atoms with Crippen LogP contribution >= 0.6 is 15.9 Å². The van der Waals surface area contributed by atoms with Gasteiger partial charge in [0.15, 0.2) is 0 Å². The molecule has 0 radical (unpaired) electrons. The molecule has 0 amide bonds. The van der Waals surface area contributed by atoms with Crippen molar-refractivity contribution in [1.29, 1.82) is 0 Å².